The van der Waals surface area contributed by atoms with Gasteiger partial charge in [0.15, 0.2) is 11.6 Å². The van der Waals surface area contributed by atoms with Crippen molar-refractivity contribution in [2.45, 2.75) is 18.9 Å². The first-order chi connectivity index (χ1) is 11.6. The largest absolute Gasteiger partial charge is 0.485 e. The van der Waals surface area contributed by atoms with Crippen molar-refractivity contribution < 1.29 is 14.3 Å². The smallest absolute Gasteiger partial charge is 0.317 e. The number of rotatable bonds is 5. The third-order valence-corrected chi connectivity index (χ3v) is 4.47. The van der Waals surface area contributed by atoms with Crippen LogP contribution in [0.5, 0.6) is 5.75 Å². The Kier molecular flexibility index (Phi) is 5.40. The maximum absolute atomic E-state index is 12.3. The van der Waals surface area contributed by atoms with E-state index < -0.39 is 0 Å². The molecule has 7 nitrogen and oxygen atoms in total. The van der Waals surface area contributed by atoms with E-state index in [4.69, 9.17) is 9.47 Å². The number of aromatic nitrogens is 1. The lowest BCUT2D eigenvalue weighted by Crippen LogP contribution is -2.41. The number of ether oxygens (including phenoxy) is 2. The molecule has 24 heavy (non-hydrogen) atoms. The lowest BCUT2D eigenvalue weighted by atomic mass is 10.1. The van der Waals surface area contributed by atoms with Crippen LogP contribution in [-0.2, 0) is 4.74 Å². The second kappa shape index (κ2) is 7.70. The first kappa shape index (κ1) is 16.8. The summed E-state index contributed by atoms with van der Waals surface area (Å²) in [4.78, 5) is 20.4. The first-order valence-corrected chi connectivity index (χ1v) is 8.53. The predicted molar refractivity (Wildman–Crippen MR) is 91.5 cm³/mol. The quantitative estimate of drug-likeness (QED) is 0.880. The van der Waals surface area contributed by atoms with E-state index in [1.807, 2.05) is 36.0 Å². The summed E-state index contributed by atoms with van der Waals surface area (Å²) in [6.07, 6.45) is 3.62. The normalized spacial score (nSPS) is 23.3. The highest BCUT2D eigenvalue weighted by atomic mass is 16.5. The Bertz CT molecular complexity index is 561. The summed E-state index contributed by atoms with van der Waals surface area (Å²) in [5, 5.41) is 3.01. The molecule has 0 radical (unpaired) electrons. The van der Waals surface area contributed by atoms with Gasteiger partial charge in [0.25, 0.3) is 0 Å². The van der Waals surface area contributed by atoms with Gasteiger partial charge in [0.1, 0.15) is 6.10 Å². The molecule has 0 spiro atoms. The average Bonchev–Trinajstić information content (AvgIpc) is 3.24. The Hall–Kier alpha value is -2.02. The van der Waals surface area contributed by atoms with Gasteiger partial charge in [0, 0.05) is 52.3 Å². The fourth-order valence-electron chi connectivity index (χ4n) is 3.09. The molecule has 0 aliphatic carbocycles. The van der Waals surface area contributed by atoms with Crippen molar-refractivity contribution in [3.63, 3.8) is 0 Å². The highest BCUT2D eigenvalue weighted by molar-refractivity contribution is 5.74. The minimum Gasteiger partial charge on any atom is -0.485 e. The van der Waals surface area contributed by atoms with Gasteiger partial charge in [-0.2, -0.15) is 0 Å². The van der Waals surface area contributed by atoms with Gasteiger partial charge in [-0.1, -0.05) is 0 Å². The third-order valence-electron chi connectivity index (χ3n) is 4.47. The molecule has 2 fully saturated rings. The van der Waals surface area contributed by atoms with E-state index in [-0.39, 0.29) is 12.1 Å². The van der Waals surface area contributed by atoms with E-state index in [9.17, 15) is 4.79 Å². The Balaban J connectivity index is 1.49. The van der Waals surface area contributed by atoms with Crippen LogP contribution in [0.25, 0.3) is 0 Å². The molecule has 3 heterocycles. The molecule has 132 valence electrons. The molecule has 7 heteroatoms. The van der Waals surface area contributed by atoms with E-state index in [0.717, 1.165) is 44.2 Å². The molecular formula is C17H26N4O3. The van der Waals surface area contributed by atoms with Gasteiger partial charge in [0.2, 0.25) is 0 Å². The summed E-state index contributed by atoms with van der Waals surface area (Å²) < 4.78 is 11.4. The van der Waals surface area contributed by atoms with Crippen molar-refractivity contribution in [3.8, 4) is 5.75 Å². The van der Waals surface area contributed by atoms with Crippen molar-refractivity contribution in [2.75, 3.05) is 51.8 Å². The Labute approximate surface area is 142 Å². The summed E-state index contributed by atoms with van der Waals surface area (Å²) in [5.41, 5.74) is 0. The van der Waals surface area contributed by atoms with Crippen LogP contribution in [0.2, 0.25) is 0 Å². The minimum atomic E-state index is -0.00739. The van der Waals surface area contributed by atoms with Crippen molar-refractivity contribution in [2.24, 2.45) is 5.92 Å². The highest BCUT2D eigenvalue weighted by Crippen LogP contribution is 2.26. The zero-order valence-electron chi connectivity index (χ0n) is 14.4. The lowest BCUT2D eigenvalue weighted by Gasteiger charge is -2.21. The Morgan fingerprint density at radius 2 is 2.38 bits per heavy atom. The molecular weight excluding hydrogens is 308 g/mol. The predicted octanol–water partition coefficient (Wildman–Crippen LogP) is 1.35. The SMILES string of the molecule is CN(C)c1ncccc1O[C@@H]1CCN(C(=O)NC[C@@H]2CCOC2)C1. The van der Waals surface area contributed by atoms with E-state index >= 15 is 0 Å². The van der Waals surface area contributed by atoms with Crippen molar-refractivity contribution in [1.29, 1.82) is 0 Å². The van der Waals surface area contributed by atoms with Gasteiger partial charge in [-0.3, -0.25) is 0 Å². The molecule has 3 rings (SSSR count). The van der Waals surface area contributed by atoms with E-state index in [1.54, 1.807) is 6.20 Å². The Morgan fingerprint density at radius 1 is 1.50 bits per heavy atom. The second-order valence-electron chi connectivity index (χ2n) is 6.61. The molecule has 2 amide bonds. The molecule has 1 N–H and O–H groups in total. The number of likely N-dealkylation sites (tertiary alicyclic amines) is 1. The van der Waals surface area contributed by atoms with Crippen LogP contribution in [-0.4, -0.2) is 69.0 Å². The van der Waals surface area contributed by atoms with Gasteiger partial charge in [-0.05, 0) is 18.6 Å². The van der Waals surface area contributed by atoms with Crippen molar-refractivity contribution in [3.05, 3.63) is 18.3 Å². The number of pyridine rings is 1. The van der Waals surface area contributed by atoms with Crippen LogP contribution in [0.1, 0.15) is 12.8 Å². The molecule has 2 aliphatic rings. The zero-order chi connectivity index (χ0) is 16.9. The van der Waals surface area contributed by atoms with Crippen LogP contribution in [0, 0.1) is 5.92 Å². The topological polar surface area (TPSA) is 66.9 Å². The standard InChI is InChI=1S/C17H26N4O3/c1-20(2)16-15(4-3-7-18-16)24-14-5-8-21(11-14)17(22)19-10-13-6-9-23-12-13/h3-4,7,13-14H,5-6,8-12H2,1-2H3,(H,19,22)/t13-,14+/m0/s1. The van der Waals surface area contributed by atoms with Crippen LogP contribution in [0.3, 0.4) is 0 Å². The summed E-state index contributed by atoms with van der Waals surface area (Å²) in [5.74, 6) is 2.01. The van der Waals surface area contributed by atoms with E-state index in [1.165, 1.54) is 0 Å². The molecule has 0 saturated carbocycles. The third kappa shape index (κ3) is 4.08. The number of carbonyl (C=O) groups excluding carboxylic acids is 1. The number of carbonyl (C=O) groups is 1. The monoisotopic (exact) mass is 334 g/mol. The number of hydrogen-bond donors (Lipinski definition) is 1. The number of anilines is 1. The fourth-order valence-corrected chi connectivity index (χ4v) is 3.09. The minimum absolute atomic E-state index is 0.00739. The fraction of sp³-hybridized carbons (Fsp3) is 0.647. The molecule has 2 atom stereocenters. The highest BCUT2D eigenvalue weighted by Gasteiger charge is 2.29. The first-order valence-electron chi connectivity index (χ1n) is 8.53. The molecule has 2 saturated heterocycles. The number of nitrogens with zero attached hydrogens (tertiary/aromatic N) is 3. The molecule has 1 aromatic rings. The van der Waals surface area contributed by atoms with Gasteiger partial charge in [-0.15, -0.1) is 0 Å². The maximum atomic E-state index is 12.3. The van der Waals surface area contributed by atoms with E-state index in [0.29, 0.717) is 19.0 Å². The van der Waals surface area contributed by atoms with Crippen LogP contribution in [0.4, 0.5) is 10.6 Å². The Morgan fingerprint density at radius 3 is 3.12 bits per heavy atom. The van der Waals surface area contributed by atoms with Crippen molar-refractivity contribution >= 4 is 11.8 Å². The van der Waals surface area contributed by atoms with Gasteiger partial charge >= 0.3 is 6.03 Å². The van der Waals surface area contributed by atoms with E-state index in [2.05, 4.69) is 10.3 Å². The second-order valence-corrected chi connectivity index (χ2v) is 6.61. The summed E-state index contributed by atoms with van der Waals surface area (Å²) in [6.45, 7) is 3.57. The summed E-state index contributed by atoms with van der Waals surface area (Å²) in [7, 11) is 3.88. The van der Waals surface area contributed by atoms with Gasteiger partial charge in [0.05, 0.1) is 13.2 Å². The number of hydrogen-bond acceptors (Lipinski definition) is 5. The summed E-state index contributed by atoms with van der Waals surface area (Å²) in [6, 6.07) is 3.78. The average molecular weight is 334 g/mol. The van der Waals surface area contributed by atoms with Crippen LogP contribution >= 0.6 is 0 Å². The van der Waals surface area contributed by atoms with Crippen LogP contribution < -0.4 is 15.0 Å². The molecule has 1 aromatic heterocycles. The summed E-state index contributed by atoms with van der Waals surface area (Å²) >= 11 is 0. The number of nitrogens with one attached hydrogen (secondary N) is 1. The van der Waals surface area contributed by atoms with Crippen molar-refractivity contribution in [1.82, 2.24) is 15.2 Å². The molecule has 0 aromatic carbocycles. The van der Waals surface area contributed by atoms with Gasteiger partial charge in [-0.25, -0.2) is 9.78 Å². The van der Waals surface area contributed by atoms with Gasteiger partial charge < -0.3 is 24.6 Å². The maximum Gasteiger partial charge on any atom is 0.317 e. The zero-order valence-corrected chi connectivity index (χ0v) is 14.4. The molecule has 0 bridgehead atoms. The lowest BCUT2D eigenvalue weighted by molar-refractivity contribution is 0.178. The molecule has 2 aliphatic heterocycles. The number of amides is 2. The molecule has 0 unspecified atom stereocenters. The number of urea groups is 1. The van der Waals surface area contributed by atoms with Crippen LogP contribution in [0.15, 0.2) is 18.3 Å².